The third kappa shape index (κ3) is 3.43. The second kappa shape index (κ2) is 6.92. The van der Waals surface area contributed by atoms with Crippen LogP contribution in [0.5, 0.6) is 11.6 Å². The van der Waals surface area contributed by atoms with Crippen LogP contribution in [0.3, 0.4) is 0 Å². The molecule has 2 heterocycles. The summed E-state index contributed by atoms with van der Waals surface area (Å²) in [6.45, 7) is 6.94. The van der Waals surface area contributed by atoms with Gasteiger partial charge in [-0.05, 0) is 55.4 Å². The molecule has 0 saturated heterocycles. The molecule has 2 aliphatic rings. The molecule has 0 amide bonds. The van der Waals surface area contributed by atoms with Gasteiger partial charge in [0.25, 0.3) is 0 Å². The van der Waals surface area contributed by atoms with Crippen LogP contribution in [-0.2, 0) is 19.5 Å². The molecular formula is C22H28N2O2. The Balaban J connectivity index is 1.62. The lowest BCUT2D eigenvalue weighted by molar-refractivity contribution is -0.0302. The highest BCUT2D eigenvalue weighted by Crippen LogP contribution is 2.41. The van der Waals surface area contributed by atoms with E-state index >= 15 is 0 Å². The minimum atomic E-state index is -0.0845. The van der Waals surface area contributed by atoms with Gasteiger partial charge in [0.1, 0.15) is 17.0 Å². The molecule has 0 atom stereocenters. The molecule has 2 aromatic rings. The lowest BCUT2D eigenvalue weighted by Gasteiger charge is -2.43. The average Bonchev–Trinajstić information content (AvgIpc) is 2.74. The number of benzene rings is 1. The number of hydrogen-bond acceptors (Lipinski definition) is 4. The average molecular weight is 352 g/mol. The van der Waals surface area contributed by atoms with E-state index in [-0.39, 0.29) is 11.5 Å². The van der Waals surface area contributed by atoms with Crippen molar-refractivity contribution in [3.8, 4) is 11.6 Å². The minimum Gasteiger partial charge on any atom is -0.493 e. The molecule has 26 heavy (non-hydrogen) atoms. The fourth-order valence-electron chi connectivity index (χ4n) is 4.15. The van der Waals surface area contributed by atoms with Crippen LogP contribution in [-0.4, -0.2) is 27.1 Å². The molecule has 0 bridgehead atoms. The molecule has 1 aliphatic heterocycles. The SMILES string of the molecule is CCCc1ccc(C)c(CN2Cc3nc(O)ccc3OC3(CCC3)C2)c1. The van der Waals surface area contributed by atoms with E-state index in [1.54, 1.807) is 6.07 Å². The van der Waals surface area contributed by atoms with Crippen molar-refractivity contribution in [3.05, 3.63) is 52.7 Å². The monoisotopic (exact) mass is 352 g/mol. The first-order valence-corrected chi connectivity index (χ1v) is 9.75. The van der Waals surface area contributed by atoms with Crippen LogP contribution in [0.15, 0.2) is 30.3 Å². The fourth-order valence-corrected chi connectivity index (χ4v) is 4.15. The first-order chi connectivity index (χ1) is 12.6. The Labute approximate surface area is 155 Å². The fraction of sp³-hybridized carbons (Fsp3) is 0.500. The minimum absolute atomic E-state index is 0.0676. The van der Waals surface area contributed by atoms with Gasteiger partial charge in [-0.3, -0.25) is 4.90 Å². The molecule has 1 aromatic carbocycles. The number of aromatic nitrogens is 1. The van der Waals surface area contributed by atoms with E-state index in [0.717, 1.165) is 43.8 Å². The molecule has 1 aromatic heterocycles. The third-order valence-electron chi connectivity index (χ3n) is 5.74. The summed E-state index contributed by atoms with van der Waals surface area (Å²) in [5.41, 5.74) is 4.89. The van der Waals surface area contributed by atoms with E-state index in [1.165, 1.54) is 29.5 Å². The maximum Gasteiger partial charge on any atom is 0.211 e. The highest BCUT2D eigenvalue weighted by molar-refractivity contribution is 5.35. The first kappa shape index (κ1) is 17.3. The number of ether oxygens (including phenoxy) is 1. The predicted octanol–water partition coefficient (Wildman–Crippen LogP) is 4.37. The number of aryl methyl sites for hydroxylation is 2. The zero-order valence-corrected chi connectivity index (χ0v) is 15.8. The Hall–Kier alpha value is -2.07. The zero-order valence-electron chi connectivity index (χ0n) is 15.8. The van der Waals surface area contributed by atoms with Crippen molar-refractivity contribution in [1.82, 2.24) is 9.88 Å². The molecule has 1 N–H and O–H groups in total. The lowest BCUT2D eigenvalue weighted by atomic mass is 9.79. The third-order valence-corrected chi connectivity index (χ3v) is 5.74. The van der Waals surface area contributed by atoms with Crippen LogP contribution in [0.1, 0.15) is 55.0 Å². The summed E-state index contributed by atoms with van der Waals surface area (Å²) in [6, 6.07) is 10.3. The molecule has 1 spiro atoms. The number of fused-ring (bicyclic) bond motifs is 1. The van der Waals surface area contributed by atoms with Gasteiger partial charge in [0, 0.05) is 25.7 Å². The van der Waals surface area contributed by atoms with Gasteiger partial charge in [-0.1, -0.05) is 31.5 Å². The largest absolute Gasteiger partial charge is 0.493 e. The molecule has 4 rings (SSSR count). The van der Waals surface area contributed by atoms with Gasteiger partial charge < -0.3 is 9.84 Å². The van der Waals surface area contributed by atoms with E-state index < -0.39 is 0 Å². The smallest absolute Gasteiger partial charge is 0.211 e. The van der Waals surface area contributed by atoms with Gasteiger partial charge in [0.15, 0.2) is 0 Å². The van der Waals surface area contributed by atoms with E-state index in [9.17, 15) is 5.11 Å². The number of nitrogens with zero attached hydrogens (tertiary/aromatic N) is 2. The first-order valence-electron chi connectivity index (χ1n) is 9.75. The standard InChI is InChI=1S/C22H28N2O2/c1-3-5-17-7-6-16(2)18(12-17)13-24-14-19-20(8-9-21(25)23-19)26-22(15-24)10-4-11-22/h6-9,12H,3-5,10-11,13-15H2,1-2H3,(H,23,25). The molecule has 1 saturated carbocycles. The molecule has 0 unspecified atom stereocenters. The van der Waals surface area contributed by atoms with Crippen LogP contribution >= 0.6 is 0 Å². The van der Waals surface area contributed by atoms with Crippen molar-refractivity contribution in [2.24, 2.45) is 0 Å². The second-order valence-corrected chi connectivity index (χ2v) is 7.91. The topological polar surface area (TPSA) is 45.6 Å². The van der Waals surface area contributed by atoms with Gasteiger partial charge in [0.05, 0.1) is 0 Å². The summed E-state index contributed by atoms with van der Waals surface area (Å²) in [7, 11) is 0. The summed E-state index contributed by atoms with van der Waals surface area (Å²) in [6.07, 6.45) is 5.70. The van der Waals surface area contributed by atoms with Crippen LogP contribution in [0.4, 0.5) is 0 Å². The molecule has 4 heteroatoms. The van der Waals surface area contributed by atoms with Crippen LogP contribution in [0, 0.1) is 6.92 Å². The van der Waals surface area contributed by atoms with Gasteiger partial charge >= 0.3 is 0 Å². The molecular weight excluding hydrogens is 324 g/mol. The molecule has 1 fully saturated rings. The Morgan fingerprint density at radius 3 is 2.81 bits per heavy atom. The number of pyridine rings is 1. The van der Waals surface area contributed by atoms with Gasteiger partial charge in [0.2, 0.25) is 5.88 Å². The maximum atomic E-state index is 9.81. The van der Waals surface area contributed by atoms with Crippen molar-refractivity contribution in [2.45, 2.75) is 64.6 Å². The zero-order chi connectivity index (χ0) is 18.1. The Morgan fingerprint density at radius 2 is 2.08 bits per heavy atom. The summed E-state index contributed by atoms with van der Waals surface area (Å²) >= 11 is 0. The Bertz CT molecular complexity index is 799. The van der Waals surface area contributed by atoms with E-state index in [0.29, 0.717) is 6.54 Å². The summed E-state index contributed by atoms with van der Waals surface area (Å²) in [5.74, 6) is 0.902. The number of aromatic hydroxyl groups is 1. The molecule has 0 radical (unpaired) electrons. The molecule has 1 aliphatic carbocycles. The Morgan fingerprint density at radius 1 is 1.23 bits per heavy atom. The van der Waals surface area contributed by atoms with E-state index in [2.05, 4.69) is 41.9 Å². The van der Waals surface area contributed by atoms with Crippen molar-refractivity contribution in [2.75, 3.05) is 6.54 Å². The number of hydrogen-bond donors (Lipinski definition) is 1. The van der Waals surface area contributed by atoms with E-state index in [4.69, 9.17) is 4.74 Å². The summed E-state index contributed by atoms with van der Waals surface area (Å²) in [5, 5.41) is 9.81. The van der Waals surface area contributed by atoms with Gasteiger partial charge in [-0.15, -0.1) is 0 Å². The summed E-state index contributed by atoms with van der Waals surface area (Å²) < 4.78 is 6.38. The van der Waals surface area contributed by atoms with Gasteiger partial charge in [-0.2, -0.15) is 0 Å². The summed E-state index contributed by atoms with van der Waals surface area (Å²) in [4.78, 5) is 6.79. The lowest BCUT2D eigenvalue weighted by Crippen LogP contribution is -2.50. The van der Waals surface area contributed by atoms with Gasteiger partial charge in [-0.25, -0.2) is 4.98 Å². The number of rotatable bonds is 4. The van der Waals surface area contributed by atoms with Crippen molar-refractivity contribution >= 4 is 0 Å². The highest BCUT2D eigenvalue weighted by Gasteiger charge is 2.43. The van der Waals surface area contributed by atoms with Crippen molar-refractivity contribution in [3.63, 3.8) is 0 Å². The quantitative estimate of drug-likeness (QED) is 0.888. The van der Waals surface area contributed by atoms with Crippen LogP contribution in [0.25, 0.3) is 0 Å². The van der Waals surface area contributed by atoms with Crippen LogP contribution < -0.4 is 4.74 Å². The van der Waals surface area contributed by atoms with Crippen LogP contribution in [0.2, 0.25) is 0 Å². The Kier molecular flexibility index (Phi) is 4.62. The maximum absolute atomic E-state index is 9.81. The van der Waals surface area contributed by atoms with Crippen molar-refractivity contribution in [1.29, 1.82) is 0 Å². The molecule has 4 nitrogen and oxygen atoms in total. The predicted molar refractivity (Wildman–Crippen MR) is 102 cm³/mol. The van der Waals surface area contributed by atoms with E-state index in [1.807, 2.05) is 6.07 Å². The molecule has 138 valence electrons. The highest BCUT2D eigenvalue weighted by atomic mass is 16.5. The van der Waals surface area contributed by atoms with Crippen molar-refractivity contribution < 1.29 is 9.84 Å². The normalized spacial score (nSPS) is 18.7. The second-order valence-electron chi connectivity index (χ2n) is 7.91.